The lowest BCUT2D eigenvalue weighted by Crippen LogP contribution is -2.37. The summed E-state index contributed by atoms with van der Waals surface area (Å²) < 4.78 is 0. The van der Waals surface area contributed by atoms with E-state index in [1.807, 2.05) is 6.07 Å². The van der Waals surface area contributed by atoms with E-state index in [1.54, 1.807) is 0 Å². The molecule has 0 aliphatic carbocycles. The van der Waals surface area contributed by atoms with Gasteiger partial charge in [-0.05, 0) is 50.3 Å². The van der Waals surface area contributed by atoms with E-state index in [1.165, 1.54) is 5.56 Å². The van der Waals surface area contributed by atoms with E-state index in [4.69, 9.17) is 0 Å². The highest BCUT2D eigenvalue weighted by atomic mass is 16.2. The lowest BCUT2D eigenvalue weighted by atomic mass is 10.0. The lowest BCUT2D eigenvalue weighted by molar-refractivity contribution is -0.132. The summed E-state index contributed by atoms with van der Waals surface area (Å²) in [6.07, 6.45) is 5.21. The van der Waals surface area contributed by atoms with Crippen LogP contribution in [-0.2, 0) is 11.2 Å². The number of rotatable bonds is 4. The van der Waals surface area contributed by atoms with Crippen molar-refractivity contribution >= 4 is 5.91 Å². The number of hydrogen-bond acceptors (Lipinski definition) is 2. The number of nitrogens with zero attached hydrogens (tertiary/aromatic N) is 1. The van der Waals surface area contributed by atoms with Crippen LogP contribution < -0.4 is 5.32 Å². The van der Waals surface area contributed by atoms with Crippen molar-refractivity contribution in [1.29, 1.82) is 0 Å². The molecule has 0 spiro atoms. The van der Waals surface area contributed by atoms with Gasteiger partial charge < -0.3 is 10.2 Å². The summed E-state index contributed by atoms with van der Waals surface area (Å²) in [5, 5.41) is 3.35. The minimum absolute atomic E-state index is 0.372. The second-order valence-electron chi connectivity index (χ2n) is 6.14. The standard InChI is InChI=1S/C17H24N2O/c20-17(12-15-8-9-18-13-15)19-10-4-7-16(19)11-14-5-2-1-3-6-14/h1-3,5-6,15-16,18H,4,7-13H2. The SMILES string of the molecule is O=C(CC1CCNC1)N1CCCC1Cc1ccccc1. The number of carbonyl (C=O) groups is 1. The highest BCUT2D eigenvalue weighted by molar-refractivity contribution is 5.77. The van der Waals surface area contributed by atoms with Crippen molar-refractivity contribution in [3.8, 4) is 0 Å². The van der Waals surface area contributed by atoms with Gasteiger partial charge in [0, 0.05) is 19.0 Å². The molecule has 0 bridgehead atoms. The van der Waals surface area contributed by atoms with Crippen molar-refractivity contribution in [2.45, 2.75) is 38.1 Å². The maximum atomic E-state index is 12.5. The van der Waals surface area contributed by atoms with Crippen molar-refractivity contribution in [1.82, 2.24) is 10.2 Å². The molecule has 3 heteroatoms. The zero-order valence-corrected chi connectivity index (χ0v) is 12.1. The molecule has 1 N–H and O–H groups in total. The van der Waals surface area contributed by atoms with E-state index in [2.05, 4.69) is 34.5 Å². The summed E-state index contributed by atoms with van der Waals surface area (Å²) in [5.41, 5.74) is 1.35. The van der Waals surface area contributed by atoms with E-state index in [0.29, 0.717) is 17.9 Å². The third-order valence-corrected chi connectivity index (χ3v) is 4.64. The topological polar surface area (TPSA) is 32.3 Å². The average molecular weight is 272 g/mol. The number of likely N-dealkylation sites (tertiary alicyclic amines) is 1. The van der Waals surface area contributed by atoms with Crippen molar-refractivity contribution in [3.63, 3.8) is 0 Å². The van der Waals surface area contributed by atoms with E-state index >= 15 is 0 Å². The Bertz CT molecular complexity index is 440. The molecule has 2 aliphatic rings. The zero-order valence-electron chi connectivity index (χ0n) is 12.1. The molecule has 108 valence electrons. The summed E-state index contributed by atoms with van der Waals surface area (Å²) in [7, 11) is 0. The molecule has 2 heterocycles. The van der Waals surface area contributed by atoms with Gasteiger partial charge in [-0.3, -0.25) is 4.79 Å². The minimum Gasteiger partial charge on any atom is -0.339 e. The quantitative estimate of drug-likeness (QED) is 0.911. The van der Waals surface area contributed by atoms with Crippen LogP contribution in [0.5, 0.6) is 0 Å². The van der Waals surface area contributed by atoms with Gasteiger partial charge in [-0.1, -0.05) is 30.3 Å². The molecule has 1 aromatic rings. The summed E-state index contributed by atoms with van der Waals surface area (Å²) in [6.45, 7) is 3.05. The van der Waals surface area contributed by atoms with E-state index in [9.17, 15) is 4.79 Å². The first-order chi connectivity index (χ1) is 9.83. The summed E-state index contributed by atoms with van der Waals surface area (Å²) in [5.74, 6) is 0.928. The molecule has 3 nitrogen and oxygen atoms in total. The fourth-order valence-electron chi connectivity index (χ4n) is 3.52. The molecule has 2 aliphatic heterocycles. The van der Waals surface area contributed by atoms with Gasteiger partial charge in [0.05, 0.1) is 0 Å². The number of carbonyl (C=O) groups excluding carboxylic acids is 1. The molecule has 2 saturated heterocycles. The predicted molar refractivity (Wildman–Crippen MR) is 80.5 cm³/mol. The van der Waals surface area contributed by atoms with E-state index in [-0.39, 0.29) is 0 Å². The molecule has 2 fully saturated rings. The van der Waals surface area contributed by atoms with Crippen LogP contribution in [0.15, 0.2) is 30.3 Å². The van der Waals surface area contributed by atoms with Gasteiger partial charge in [0.25, 0.3) is 0 Å². The Balaban J connectivity index is 1.58. The zero-order chi connectivity index (χ0) is 13.8. The smallest absolute Gasteiger partial charge is 0.223 e. The number of benzene rings is 1. The summed E-state index contributed by atoms with van der Waals surface area (Å²) in [4.78, 5) is 14.6. The molecule has 2 unspecified atom stereocenters. The predicted octanol–water partition coefficient (Wildman–Crippen LogP) is 2.22. The molecule has 3 rings (SSSR count). The number of amides is 1. The highest BCUT2D eigenvalue weighted by Crippen LogP contribution is 2.24. The maximum absolute atomic E-state index is 12.5. The Labute approximate surface area is 121 Å². The normalized spacial score (nSPS) is 26.1. The van der Waals surface area contributed by atoms with Gasteiger partial charge in [-0.25, -0.2) is 0 Å². The molecule has 2 atom stereocenters. The van der Waals surface area contributed by atoms with E-state index in [0.717, 1.165) is 51.7 Å². The minimum atomic E-state index is 0.372. The number of nitrogens with one attached hydrogen (secondary N) is 1. The fraction of sp³-hybridized carbons (Fsp3) is 0.588. The van der Waals surface area contributed by atoms with E-state index < -0.39 is 0 Å². The first-order valence-corrected chi connectivity index (χ1v) is 7.87. The average Bonchev–Trinajstić information content (AvgIpc) is 3.11. The van der Waals surface area contributed by atoms with Crippen LogP contribution in [0.2, 0.25) is 0 Å². The van der Waals surface area contributed by atoms with Crippen LogP contribution in [0.4, 0.5) is 0 Å². The van der Waals surface area contributed by atoms with Gasteiger partial charge in [-0.2, -0.15) is 0 Å². The van der Waals surface area contributed by atoms with Gasteiger partial charge in [0.15, 0.2) is 0 Å². The molecule has 0 aromatic heterocycles. The molecule has 0 saturated carbocycles. The lowest BCUT2D eigenvalue weighted by Gasteiger charge is -2.26. The third kappa shape index (κ3) is 3.21. The molecular weight excluding hydrogens is 248 g/mol. The van der Waals surface area contributed by atoms with Gasteiger partial charge in [-0.15, -0.1) is 0 Å². The molecule has 1 amide bonds. The van der Waals surface area contributed by atoms with Crippen LogP contribution in [0.3, 0.4) is 0 Å². The van der Waals surface area contributed by atoms with Crippen LogP contribution in [0, 0.1) is 5.92 Å². The van der Waals surface area contributed by atoms with Gasteiger partial charge in [0.1, 0.15) is 0 Å². The monoisotopic (exact) mass is 272 g/mol. The molecule has 0 radical (unpaired) electrons. The largest absolute Gasteiger partial charge is 0.339 e. The Morgan fingerprint density at radius 1 is 1.25 bits per heavy atom. The Morgan fingerprint density at radius 3 is 2.85 bits per heavy atom. The van der Waals surface area contributed by atoms with Crippen molar-refractivity contribution in [2.24, 2.45) is 5.92 Å². The van der Waals surface area contributed by atoms with Crippen LogP contribution >= 0.6 is 0 Å². The number of hydrogen-bond donors (Lipinski definition) is 1. The first kappa shape index (κ1) is 13.6. The highest BCUT2D eigenvalue weighted by Gasteiger charge is 2.30. The molecule has 1 aromatic carbocycles. The summed E-state index contributed by atoms with van der Waals surface area (Å²) >= 11 is 0. The van der Waals surface area contributed by atoms with Crippen LogP contribution in [0.1, 0.15) is 31.2 Å². The molecule has 20 heavy (non-hydrogen) atoms. The Hall–Kier alpha value is -1.35. The summed E-state index contributed by atoms with van der Waals surface area (Å²) in [6, 6.07) is 11.0. The van der Waals surface area contributed by atoms with Crippen molar-refractivity contribution < 1.29 is 4.79 Å². The second kappa shape index (κ2) is 6.40. The third-order valence-electron chi connectivity index (χ3n) is 4.64. The van der Waals surface area contributed by atoms with Gasteiger partial charge >= 0.3 is 0 Å². The fourth-order valence-corrected chi connectivity index (χ4v) is 3.52. The van der Waals surface area contributed by atoms with Gasteiger partial charge in [0.2, 0.25) is 5.91 Å². The van der Waals surface area contributed by atoms with Crippen LogP contribution in [-0.4, -0.2) is 36.5 Å². The maximum Gasteiger partial charge on any atom is 0.223 e. The first-order valence-electron chi connectivity index (χ1n) is 7.87. The second-order valence-corrected chi connectivity index (χ2v) is 6.14. The Morgan fingerprint density at radius 2 is 2.10 bits per heavy atom. The van der Waals surface area contributed by atoms with Crippen LogP contribution in [0.25, 0.3) is 0 Å². The molecular formula is C17H24N2O. The van der Waals surface area contributed by atoms with Crippen molar-refractivity contribution in [2.75, 3.05) is 19.6 Å². The van der Waals surface area contributed by atoms with Crippen molar-refractivity contribution in [3.05, 3.63) is 35.9 Å². The Kier molecular flexibility index (Phi) is 4.36.